The number of hydrogen-bond acceptors (Lipinski definition) is 8. The maximum absolute atomic E-state index is 14.9. The van der Waals surface area contributed by atoms with E-state index in [9.17, 15) is 24.3 Å². The Morgan fingerprint density at radius 1 is 1.04 bits per heavy atom. The summed E-state index contributed by atoms with van der Waals surface area (Å²) in [4.78, 5) is 61.7. The molecule has 11 nitrogen and oxygen atoms in total. The summed E-state index contributed by atoms with van der Waals surface area (Å²) in [6, 6.07) is 16.1. The molecule has 3 heterocycles. The molecule has 11 heteroatoms. The van der Waals surface area contributed by atoms with E-state index in [1.807, 2.05) is 54.6 Å². The third-order valence-corrected chi connectivity index (χ3v) is 10.7. The number of rotatable bonds is 20. The normalized spacial score (nSPS) is 23.5. The zero-order valence-electron chi connectivity index (χ0n) is 30.6. The molecule has 2 N–H and O–H groups in total. The fourth-order valence-corrected chi connectivity index (χ4v) is 8.19. The number of aliphatic hydroxyl groups is 1. The maximum atomic E-state index is 14.9. The summed E-state index contributed by atoms with van der Waals surface area (Å²) >= 11 is 0. The van der Waals surface area contributed by atoms with Crippen LogP contribution in [-0.4, -0.2) is 90.8 Å². The summed E-state index contributed by atoms with van der Waals surface area (Å²) in [5.74, 6) is -3.16. The van der Waals surface area contributed by atoms with Gasteiger partial charge in [-0.1, -0.05) is 42.5 Å². The molecule has 0 aliphatic carbocycles. The number of esters is 1. The number of nitrogens with one attached hydrogen (secondary N) is 1. The van der Waals surface area contributed by atoms with Gasteiger partial charge in [-0.3, -0.25) is 19.2 Å². The van der Waals surface area contributed by atoms with E-state index >= 15 is 0 Å². The minimum Gasteiger partial charge on any atom is -0.455 e. The third-order valence-electron chi connectivity index (χ3n) is 10.7. The second-order valence-electron chi connectivity index (χ2n) is 13.8. The molecule has 1 spiro atoms. The molecular weight excluding hydrogens is 660 g/mol. The van der Waals surface area contributed by atoms with Gasteiger partial charge in [0.2, 0.25) is 11.8 Å². The van der Waals surface area contributed by atoms with Crippen LogP contribution >= 0.6 is 0 Å². The second-order valence-corrected chi connectivity index (χ2v) is 13.8. The van der Waals surface area contributed by atoms with Crippen LogP contribution in [0.5, 0.6) is 0 Å². The number of ether oxygens (including phenoxy) is 2. The van der Waals surface area contributed by atoms with Crippen molar-refractivity contribution in [3.8, 4) is 0 Å². The van der Waals surface area contributed by atoms with Crippen LogP contribution in [0.4, 0.5) is 11.4 Å². The average molecular weight is 715 g/mol. The Morgan fingerprint density at radius 3 is 2.40 bits per heavy atom. The number of benzene rings is 2. The van der Waals surface area contributed by atoms with Crippen molar-refractivity contribution < 1.29 is 33.8 Å². The molecule has 280 valence electrons. The molecule has 2 aromatic rings. The minimum atomic E-state index is -1.21. The number of carbonyl (C=O) groups is 4. The molecule has 0 aromatic heterocycles. The largest absolute Gasteiger partial charge is 0.455 e. The summed E-state index contributed by atoms with van der Waals surface area (Å²) in [5, 5.41) is 12.3. The number of nitrogens with zero attached hydrogens (tertiary/aromatic N) is 3. The van der Waals surface area contributed by atoms with Crippen molar-refractivity contribution in [2.45, 2.75) is 82.6 Å². The lowest BCUT2D eigenvalue weighted by atomic mass is 9.70. The topological polar surface area (TPSA) is 129 Å². The van der Waals surface area contributed by atoms with Crippen molar-refractivity contribution in [2.24, 2.45) is 11.8 Å². The van der Waals surface area contributed by atoms with Crippen LogP contribution in [0, 0.1) is 11.8 Å². The third kappa shape index (κ3) is 7.95. The Kier molecular flexibility index (Phi) is 13.3. The fourth-order valence-electron chi connectivity index (χ4n) is 8.19. The highest BCUT2D eigenvalue weighted by atomic mass is 16.6. The smallest absolute Gasteiger partial charge is 0.313 e. The van der Waals surface area contributed by atoms with Crippen LogP contribution in [0.3, 0.4) is 0 Å². The summed E-state index contributed by atoms with van der Waals surface area (Å²) in [7, 11) is 0. The van der Waals surface area contributed by atoms with Crippen molar-refractivity contribution in [3.63, 3.8) is 0 Å². The van der Waals surface area contributed by atoms with Gasteiger partial charge in [0.25, 0.3) is 5.91 Å². The fraction of sp³-hybridized carbons (Fsp3) is 0.512. The van der Waals surface area contributed by atoms with E-state index in [0.29, 0.717) is 49.8 Å². The number of likely N-dealkylation sites (tertiary alicyclic amines) is 1. The monoisotopic (exact) mass is 714 g/mol. The summed E-state index contributed by atoms with van der Waals surface area (Å²) in [6.45, 7) is 14.1. The lowest BCUT2D eigenvalue weighted by Gasteiger charge is -2.37. The zero-order valence-corrected chi connectivity index (χ0v) is 30.6. The van der Waals surface area contributed by atoms with E-state index in [-0.39, 0.29) is 50.4 Å². The first-order valence-corrected chi connectivity index (χ1v) is 18.7. The highest BCUT2D eigenvalue weighted by Gasteiger charge is 2.75. The van der Waals surface area contributed by atoms with Gasteiger partial charge in [-0.2, -0.15) is 0 Å². The van der Waals surface area contributed by atoms with Gasteiger partial charge in [0.15, 0.2) is 0 Å². The number of aliphatic hydroxyl groups excluding tert-OH is 1. The number of allylic oxidation sites excluding steroid dienone is 1. The summed E-state index contributed by atoms with van der Waals surface area (Å²) in [5.41, 5.74) is 1.23. The molecule has 3 saturated heterocycles. The maximum Gasteiger partial charge on any atom is 0.313 e. The highest BCUT2D eigenvalue weighted by Crippen LogP contribution is 2.59. The second kappa shape index (κ2) is 17.8. The van der Waals surface area contributed by atoms with Crippen molar-refractivity contribution >= 4 is 35.1 Å². The predicted octanol–water partition coefficient (Wildman–Crippen LogP) is 4.96. The van der Waals surface area contributed by atoms with Gasteiger partial charge in [0, 0.05) is 50.6 Å². The van der Waals surface area contributed by atoms with Gasteiger partial charge in [-0.15, -0.1) is 13.2 Å². The van der Waals surface area contributed by atoms with Crippen molar-refractivity contribution in [1.82, 2.24) is 10.2 Å². The number of fused-ring (bicyclic) bond motifs is 1. The van der Waals surface area contributed by atoms with E-state index in [0.717, 1.165) is 18.8 Å². The first-order valence-electron chi connectivity index (χ1n) is 18.7. The molecule has 3 aliphatic rings. The number of unbranched alkanes of at least 4 members (excludes halogenated alkanes) is 2. The van der Waals surface area contributed by atoms with E-state index < -0.39 is 41.7 Å². The van der Waals surface area contributed by atoms with Gasteiger partial charge in [-0.05, 0) is 82.2 Å². The summed E-state index contributed by atoms with van der Waals surface area (Å²) in [6.07, 6.45) is 5.54. The van der Waals surface area contributed by atoms with Gasteiger partial charge in [0.1, 0.15) is 17.7 Å². The van der Waals surface area contributed by atoms with Gasteiger partial charge >= 0.3 is 5.97 Å². The van der Waals surface area contributed by atoms with Gasteiger partial charge < -0.3 is 34.6 Å². The van der Waals surface area contributed by atoms with Crippen molar-refractivity contribution in [3.05, 3.63) is 85.5 Å². The summed E-state index contributed by atoms with van der Waals surface area (Å²) < 4.78 is 12.9. The number of anilines is 2. The van der Waals surface area contributed by atoms with E-state index in [4.69, 9.17) is 9.47 Å². The molecular formula is C41H54N4O7. The van der Waals surface area contributed by atoms with Gasteiger partial charge in [-0.25, -0.2) is 0 Å². The lowest BCUT2D eigenvalue weighted by Crippen LogP contribution is -2.56. The van der Waals surface area contributed by atoms with Crippen molar-refractivity contribution in [1.29, 1.82) is 0 Å². The zero-order chi connectivity index (χ0) is 37.3. The Labute approximate surface area is 307 Å². The highest BCUT2D eigenvalue weighted by molar-refractivity contribution is 6.04. The molecule has 3 fully saturated rings. The predicted molar refractivity (Wildman–Crippen MR) is 201 cm³/mol. The average Bonchev–Trinajstić information content (AvgIpc) is 3.81. The quantitative estimate of drug-likeness (QED) is 0.112. The van der Waals surface area contributed by atoms with E-state index in [2.05, 4.69) is 37.2 Å². The van der Waals surface area contributed by atoms with Gasteiger partial charge in [0.05, 0.1) is 24.5 Å². The Morgan fingerprint density at radius 2 is 1.75 bits per heavy atom. The Bertz CT molecular complexity index is 1560. The molecule has 2 aromatic carbocycles. The van der Waals surface area contributed by atoms with Crippen molar-refractivity contribution in [2.75, 3.05) is 49.1 Å². The molecule has 52 heavy (non-hydrogen) atoms. The SMILES string of the molecule is C=CCCC(=O)NC[C@H](OC(=O)[C@@H]1[C@@H]2CC[C@]3(O2)[C@H](C(=O)N(CC=C)c2ccc(N(CC)CC)cc2)N(CCCCCO)C(=O)[C@@H]13)c1ccccc1. The molecule has 2 bridgehead atoms. The van der Waals surface area contributed by atoms with Crippen LogP contribution in [0.15, 0.2) is 79.9 Å². The molecule has 3 amide bonds. The first-order chi connectivity index (χ1) is 25.2. The molecule has 0 unspecified atom stereocenters. The Hall–Kier alpha value is -4.48. The minimum absolute atomic E-state index is 0.0372. The first kappa shape index (κ1) is 38.7. The van der Waals surface area contributed by atoms with Crippen LogP contribution in [-0.2, 0) is 28.7 Å². The molecule has 6 atom stereocenters. The van der Waals surface area contributed by atoms with Crippen LogP contribution < -0.4 is 15.1 Å². The standard InChI is InChI=1S/C41H54N4O7/c1-5-9-18-34(47)42-28-33(29-16-12-10-13-17-29)51-40(50)35-32-23-24-41(52-32)36(35)38(48)45(26-14-11-15-27-46)37(41)39(49)44(25-6-2)31-21-19-30(20-22-31)43(7-3)8-4/h5-6,10,12-13,16-17,19-22,32-33,35-37,46H,1-2,7-9,11,14-15,18,23-28H2,3-4H3,(H,42,47)/t32-,33-,35+,36+,37-,41+/m0/s1. The molecule has 0 radical (unpaired) electrons. The Balaban J connectivity index is 1.45. The van der Waals surface area contributed by atoms with Crippen LogP contribution in [0.2, 0.25) is 0 Å². The van der Waals surface area contributed by atoms with E-state index in [1.54, 1.807) is 22.0 Å². The van der Waals surface area contributed by atoms with Crippen LogP contribution in [0.25, 0.3) is 0 Å². The number of carbonyl (C=O) groups excluding carboxylic acids is 4. The molecule has 0 saturated carbocycles. The van der Waals surface area contributed by atoms with E-state index in [1.165, 1.54) is 0 Å². The van der Waals surface area contributed by atoms with Crippen LogP contribution in [0.1, 0.15) is 70.5 Å². The molecule has 3 aliphatic heterocycles. The molecule has 5 rings (SSSR count). The number of hydrogen-bond donors (Lipinski definition) is 2. The lowest BCUT2D eigenvalue weighted by molar-refractivity contribution is -0.160. The number of amides is 3.